The molecule has 0 amide bonds. The Balaban J connectivity index is 1.36. The number of para-hydroxylation sites is 1. The lowest BCUT2D eigenvalue weighted by molar-refractivity contribution is -0.143. The molecule has 2 aromatic carbocycles. The summed E-state index contributed by atoms with van der Waals surface area (Å²) in [4.78, 5) is 19.9. The molecule has 3 heterocycles. The van der Waals surface area contributed by atoms with E-state index >= 15 is 0 Å². The number of carboxylic acids is 1. The highest BCUT2D eigenvalue weighted by Crippen LogP contribution is 2.35. The number of rotatable bonds is 8. The second kappa shape index (κ2) is 11.1. The summed E-state index contributed by atoms with van der Waals surface area (Å²) in [6.45, 7) is 0.143. The van der Waals surface area contributed by atoms with Gasteiger partial charge in [0.15, 0.2) is 11.5 Å². The number of aromatic carboxylic acids is 1. The maximum absolute atomic E-state index is 13.7. The Morgan fingerprint density at radius 3 is 2.42 bits per heavy atom. The average molecular weight is 567 g/mol. The van der Waals surface area contributed by atoms with Gasteiger partial charge in [0.25, 0.3) is 0 Å². The zero-order chi connectivity index (χ0) is 28.3. The summed E-state index contributed by atoms with van der Waals surface area (Å²) in [6.07, 6.45) is -2.72. The third kappa shape index (κ3) is 5.89. The van der Waals surface area contributed by atoms with Gasteiger partial charge >= 0.3 is 12.1 Å². The third-order valence-electron chi connectivity index (χ3n) is 5.61. The van der Waals surface area contributed by atoms with Gasteiger partial charge in [0, 0.05) is 28.4 Å². The van der Waals surface area contributed by atoms with Crippen LogP contribution in [0.2, 0.25) is 5.02 Å². The smallest absolute Gasteiger partial charge is 0.434 e. The molecule has 0 spiro atoms. The molecule has 0 aliphatic rings. The van der Waals surface area contributed by atoms with Gasteiger partial charge in [-0.25, -0.2) is 19.4 Å². The molecular formula is C28H18ClF3N4O4. The van der Waals surface area contributed by atoms with E-state index in [0.29, 0.717) is 44.5 Å². The number of carbonyl (C=O) groups is 1. The maximum Gasteiger partial charge on any atom is 0.434 e. The van der Waals surface area contributed by atoms with E-state index in [2.05, 4.69) is 15.1 Å². The Bertz CT molecular complexity index is 1660. The van der Waals surface area contributed by atoms with Crippen molar-refractivity contribution in [2.24, 2.45) is 0 Å². The Kier molecular flexibility index (Phi) is 7.39. The van der Waals surface area contributed by atoms with Crippen LogP contribution in [0.4, 0.5) is 13.2 Å². The second-order valence-electron chi connectivity index (χ2n) is 8.35. The predicted octanol–water partition coefficient (Wildman–Crippen LogP) is 7.07. The van der Waals surface area contributed by atoms with E-state index in [1.54, 1.807) is 72.9 Å². The minimum Gasteiger partial charge on any atom is -0.488 e. The number of alkyl halides is 3. The van der Waals surface area contributed by atoms with Crippen LogP contribution in [0, 0.1) is 0 Å². The lowest BCUT2D eigenvalue weighted by Gasteiger charge is -2.14. The highest BCUT2D eigenvalue weighted by atomic mass is 35.5. The highest BCUT2D eigenvalue weighted by molar-refractivity contribution is 6.30. The third-order valence-corrected chi connectivity index (χ3v) is 5.86. The predicted molar refractivity (Wildman–Crippen MR) is 139 cm³/mol. The molecule has 5 aromatic rings. The molecule has 1 N–H and O–H groups in total. The van der Waals surface area contributed by atoms with Gasteiger partial charge in [0.05, 0.1) is 11.9 Å². The minimum absolute atomic E-state index is 0.143. The van der Waals surface area contributed by atoms with E-state index in [9.17, 15) is 23.1 Å². The molecule has 40 heavy (non-hydrogen) atoms. The van der Waals surface area contributed by atoms with Crippen LogP contribution in [0.25, 0.3) is 17.1 Å². The number of ether oxygens (including phenoxy) is 2. The summed E-state index contributed by atoms with van der Waals surface area (Å²) < 4.78 is 53.2. The van der Waals surface area contributed by atoms with Crippen molar-refractivity contribution < 1.29 is 32.5 Å². The molecule has 12 heteroatoms. The fourth-order valence-corrected chi connectivity index (χ4v) is 3.91. The zero-order valence-corrected chi connectivity index (χ0v) is 21.1. The van der Waals surface area contributed by atoms with Crippen LogP contribution in [0.1, 0.15) is 21.6 Å². The molecule has 3 aromatic heterocycles. The number of aromatic nitrogens is 4. The van der Waals surface area contributed by atoms with E-state index < -0.39 is 23.4 Å². The van der Waals surface area contributed by atoms with Gasteiger partial charge in [0.1, 0.15) is 23.7 Å². The Morgan fingerprint density at radius 1 is 0.950 bits per heavy atom. The molecular weight excluding hydrogens is 549 g/mol. The van der Waals surface area contributed by atoms with Crippen molar-refractivity contribution in [1.29, 1.82) is 0 Å². The first kappa shape index (κ1) is 26.7. The number of carboxylic acid groups (broad SMARTS) is 1. The Morgan fingerprint density at radius 2 is 1.73 bits per heavy atom. The number of nitrogens with zero attached hydrogens (tertiary/aromatic N) is 4. The van der Waals surface area contributed by atoms with E-state index in [0.717, 1.165) is 5.56 Å². The molecule has 0 saturated heterocycles. The maximum atomic E-state index is 13.7. The van der Waals surface area contributed by atoms with Crippen molar-refractivity contribution >= 4 is 17.6 Å². The average Bonchev–Trinajstić information content (AvgIpc) is 3.41. The molecule has 8 nitrogen and oxygen atoms in total. The number of hydrogen-bond donors (Lipinski definition) is 1. The topological polar surface area (TPSA) is 99.4 Å². The quantitative estimate of drug-likeness (QED) is 0.214. The van der Waals surface area contributed by atoms with Crippen molar-refractivity contribution in [2.45, 2.75) is 12.8 Å². The van der Waals surface area contributed by atoms with E-state index in [4.69, 9.17) is 21.1 Å². The first-order valence-electron chi connectivity index (χ1n) is 11.7. The molecule has 5 rings (SSSR count). The first-order valence-corrected chi connectivity index (χ1v) is 12.0. The van der Waals surface area contributed by atoms with Gasteiger partial charge in [-0.15, -0.1) is 0 Å². The number of halogens is 4. The summed E-state index contributed by atoms with van der Waals surface area (Å²) in [6, 6.07) is 21.6. The SMILES string of the molecule is O=C(O)c1cnn(-c2cccc(-c3ccccc3OCc3ccc(Oc4ccc(Cl)cc4)nc3)n2)c1C(F)(F)F. The largest absolute Gasteiger partial charge is 0.488 e. The van der Waals surface area contributed by atoms with Gasteiger partial charge in [-0.05, 0) is 54.6 Å². The van der Waals surface area contributed by atoms with Crippen molar-refractivity contribution in [3.8, 4) is 34.5 Å². The molecule has 0 fully saturated rings. The van der Waals surface area contributed by atoms with Crippen molar-refractivity contribution in [3.05, 3.63) is 113 Å². The molecule has 202 valence electrons. The van der Waals surface area contributed by atoms with Crippen LogP contribution >= 0.6 is 11.6 Å². The molecule has 0 saturated carbocycles. The Hall–Kier alpha value is -4.90. The standard InChI is InChI=1S/C28H18ClF3N4O4/c29-18-9-11-19(12-10-18)40-25-13-8-17(14-33-25)16-39-23-6-2-1-4-20(23)22-5-3-7-24(35-22)36-26(28(30,31)32)21(15-34-36)27(37)38/h1-15H,16H2,(H,37,38). The van der Waals surface area contributed by atoms with Crippen LogP contribution < -0.4 is 9.47 Å². The minimum atomic E-state index is -4.97. The highest BCUT2D eigenvalue weighted by Gasteiger charge is 2.41. The summed E-state index contributed by atoms with van der Waals surface area (Å²) in [5, 5.41) is 13.4. The zero-order valence-electron chi connectivity index (χ0n) is 20.3. The fourth-order valence-electron chi connectivity index (χ4n) is 3.79. The fraction of sp³-hybridized carbons (Fsp3) is 0.0714. The van der Waals surface area contributed by atoms with Crippen LogP contribution in [-0.4, -0.2) is 30.8 Å². The van der Waals surface area contributed by atoms with Crippen molar-refractivity contribution in [1.82, 2.24) is 19.7 Å². The molecule has 0 bridgehead atoms. The lowest BCUT2D eigenvalue weighted by Crippen LogP contribution is -2.18. The van der Waals surface area contributed by atoms with Gasteiger partial charge in [-0.3, -0.25) is 0 Å². The van der Waals surface area contributed by atoms with E-state index in [1.165, 1.54) is 12.1 Å². The monoisotopic (exact) mass is 566 g/mol. The lowest BCUT2D eigenvalue weighted by atomic mass is 10.1. The van der Waals surface area contributed by atoms with Gasteiger partial charge in [-0.1, -0.05) is 29.8 Å². The number of benzene rings is 2. The summed E-state index contributed by atoms with van der Waals surface area (Å²) >= 11 is 5.89. The molecule has 0 unspecified atom stereocenters. The normalized spacial score (nSPS) is 11.3. The van der Waals surface area contributed by atoms with Crippen molar-refractivity contribution in [3.63, 3.8) is 0 Å². The van der Waals surface area contributed by atoms with Crippen LogP contribution in [-0.2, 0) is 12.8 Å². The van der Waals surface area contributed by atoms with Gasteiger partial charge < -0.3 is 14.6 Å². The Labute approximate surface area is 230 Å². The van der Waals surface area contributed by atoms with Crippen LogP contribution in [0.3, 0.4) is 0 Å². The molecule has 0 radical (unpaired) electrons. The summed E-state index contributed by atoms with van der Waals surface area (Å²) in [7, 11) is 0. The van der Waals surface area contributed by atoms with Gasteiger partial charge in [0.2, 0.25) is 5.88 Å². The van der Waals surface area contributed by atoms with Gasteiger partial charge in [-0.2, -0.15) is 18.3 Å². The first-order chi connectivity index (χ1) is 19.2. The van der Waals surface area contributed by atoms with Crippen molar-refractivity contribution in [2.75, 3.05) is 0 Å². The molecule has 0 aliphatic heterocycles. The summed E-state index contributed by atoms with van der Waals surface area (Å²) in [5.41, 5.74) is -0.836. The summed E-state index contributed by atoms with van der Waals surface area (Å²) in [5.74, 6) is -0.548. The second-order valence-corrected chi connectivity index (χ2v) is 8.78. The molecule has 0 aliphatic carbocycles. The number of hydrogen-bond acceptors (Lipinski definition) is 6. The van der Waals surface area contributed by atoms with Crippen LogP contribution in [0.5, 0.6) is 17.4 Å². The van der Waals surface area contributed by atoms with E-state index in [-0.39, 0.29) is 12.4 Å². The number of pyridine rings is 2. The molecule has 0 atom stereocenters. The van der Waals surface area contributed by atoms with Crippen LogP contribution in [0.15, 0.2) is 91.3 Å². The van der Waals surface area contributed by atoms with E-state index in [1.807, 2.05) is 0 Å².